The molecule has 4 rings (SSSR count). The Morgan fingerprint density at radius 3 is 1.54 bits per heavy atom. The second-order valence-corrected chi connectivity index (χ2v) is 9.25. The van der Waals surface area contributed by atoms with Crippen molar-refractivity contribution in [1.29, 1.82) is 0 Å². The van der Waals surface area contributed by atoms with E-state index in [2.05, 4.69) is 20.0 Å². The molecule has 2 fully saturated rings. The van der Waals surface area contributed by atoms with Crippen LogP contribution in [0.5, 0.6) is 0 Å². The summed E-state index contributed by atoms with van der Waals surface area (Å²) in [4.78, 5) is 17.9. The van der Waals surface area contributed by atoms with Crippen molar-refractivity contribution in [3.63, 3.8) is 0 Å². The summed E-state index contributed by atoms with van der Waals surface area (Å²) >= 11 is 0. The van der Waals surface area contributed by atoms with Crippen molar-refractivity contribution in [2.45, 2.75) is 52.1 Å². The second-order valence-electron chi connectivity index (χ2n) is 9.25. The summed E-state index contributed by atoms with van der Waals surface area (Å²) in [6, 6.07) is 11.7. The van der Waals surface area contributed by atoms with E-state index in [0.717, 1.165) is 61.6 Å². The Morgan fingerprint density at radius 1 is 0.743 bits per heavy atom. The molecule has 8 nitrogen and oxygen atoms in total. The molecular weight excluding hydrogens is 444 g/mol. The van der Waals surface area contributed by atoms with E-state index in [0.29, 0.717) is 26.4 Å². The van der Waals surface area contributed by atoms with E-state index in [9.17, 15) is 0 Å². The van der Waals surface area contributed by atoms with E-state index in [1.807, 2.05) is 50.2 Å². The Bertz CT molecular complexity index is 869. The molecule has 0 atom stereocenters. The largest absolute Gasteiger partial charge is 0.352 e. The van der Waals surface area contributed by atoms with Crippen molar-refractivity contribution in [1.82, 2.24) is 9.97 Å². The van der Waals surface area contributed by atoms with Gasteiger partial charge in [0.15, 0.2) is 12.6 Å². The molecule has 35 heavy (non-hydrogen) atoms. The monoisotopic (exact) mass is 480 g/mol. The summed E-state index contributed by atoms with van der Waals surface area (Å²) in [7, 11) is 0. The fraction of sp³-hybridized carbons (Fsp3) is 0.556. The van der Waals surface area contributed by atoms with Gasteiger partial charge in [-0.1, -0.05) is 12.1 Å². The minimum absolute atomic E-state index is 0.191. The van der Waals surface area contributed by atoms with Crippen molar-refractivity contribution in [2.75, 3.05) is 39.5 Å². The van der Waals surface area contributed by atoms with Crippen LogP contribution in [0.3, 0.4) is 0 Å². The molecule has 2 aromatic heterocycles. The van der Waals surface area contributed by atoms with Crippen LogP contribution in [0.15, 0.2) is 58.8 Å². The van der Waals surface area contributed by atoms with Gasteiger partial charge in [0.25, 0.3) is 0 Å². The first-order valence-corrected chi connectivity index (χ1v) is 12.4. The van der Waals surface area contributed by atoms with Gasteiger partial charge in [-0.05, 0) is 51.0 Å². The topological polar surface area (TPSA) is 87.4 Å². The second kappa shape index (κ2) is 13.0. The smallest absolute Gasteiger partial charge is 0.157 e. The van der Waals surface area contributed by atoms with Crippen molar-refractivity contribution < 1.29 is 18.9 Å². The maximum atomic E-state index is 6.00. The third kappa shape index (κ3) is 7.73. The van der Waals surface area contributed by atoms with Gasteiger partial charge in [-0.15, -0.1) is 0 Å². The Hall–Kier alpha value is -2.52. The predicted molar refractivity (Wildman–Crippen MR) is 135 cm³/mol. The maximum Gasteiger partial charge on any atom is 0.157 e. The highest BCUT2D eigenvalue weighted by molar-refractivity contribution is 5.97. The number of pyridine rings is 2. The molecule has 2 saturated heterocycles. The summed E-state index contributed by atoms with van der Waals surface area (Å²) in [6.07, 6.45) is 6.63. The molecule has 2 aliphatic rings. The van der Waals surface area contributed by atoms with Gasteiger partial charge in [0.05, 0.1) is 54.7 Å². The van der Waals surface area contributed by atoms with Crippen LogP contribution in [0.2, 0.25) is 0 Å². The van der Waals surface area contributed by atoms with Crippen LogP contribution >= 0.6 is 0 Å². The first kappa shape index (κ1) is 25.6. The molecule has 8 heteroatoms. The Kier molecular flexibility index (Phi) is 9.48. The van der Waals surface area contributed by atoms with Crippen molar-refractivity contribution in [3.05, 3.63) is 60.2 Å². The Labute approximate surface area is 207 Å². The lowest BCUT2D eigenvalue weighted by molar-refractivity contribution is -0.304. The molecule has 0 aromatic carbocycles. The van der Waals surface area contributed by atoms with E-state index >= 15 is 0 Å². The first-order chi connectivity index (χ1) is 17.1. The molecule has 0 bridgehead atoms. The van der Waals surface area contributed by atoms with E-state index in [-0.39, 0.29) is 18.0 Å². The van der Waals surface area contributed by atoms with Crippen LogP contribution in [-0.2, 0) is 18.9 Å². The van der Waals surface area contributed by atoms with Crippen molar-refractivity contribution >= 4 is 11.4 Å². The standard InChI is InChI=1S/C27H36N4O4/c1-21(23-9-3-5-13-30-23)28-15-7-11-25-32-17-27(18-33-25)19-34-26(35-20-27)12-8-16-29-22(2)24-10-4-6-14-31-24/h3-6,9-10,13-14,25-26H,7-8,11-12,15-20H2,1-2H3. The number of hydrogen-bond acceptors (Lipinski definition) is 8. The molecule has 0 amide bonds. The highest BCUT2D eigenvalue weighted by Gasteiger charge is 2.41. The quantitative estimate of drug-likeness (QED) is 0.376. The molecule has 0 saturated carbocycles. The van der Waals surface area contributed by atoms with Gasteiger partial charge in [-0.2, -0.15) is 0 Å². The van der Waals surface area contributed by atoms with Crippen LogP contribution in [-0.4, -0.2) is 73.5 Å². The first-order valence-electron chi connectivity index (χ1n) is 12.4. The lowest BCUT2D eigenvalue weighted by atomic mass is 9.90. The molecule has 0 N–H and O–H groups in total. The molecule has 0 unspecified atom stereocenters. The number of hydrogen-bond donors (Lipinski definition) is 0. The van der Waals surface area contributed by atoms with Crippen molar-refractivity contribution in [3.8, 4) is 0 Å². The number of aliphatic imine (C=N–C) groups is 2. The van der Waals surface area contributed by atoms with Crippen LogP contribution in [0.25, 0.3) is 0 Å². The molecule has 2 aliphatic heterocycles. The molecular formula is C27H36N4O4. The third-order valence-electron chi connectivity index (χ3n) is 6.27. The number of aromatic nitrogens is 2. The lowest BCUT2D eigenvalue weighted by Crippen LogP contribution is -2.52. The summed E-state index contributed by atoms with van der Waals surface area (Å²) < 4.78 is 24.0. The minimum atomic E-state index is -0.214. The summed E-state index contributed by atoms with van der Waals surface area (Å²) in [6.45, 7) is 7.82. The van der Waals surface area contributed by atoms with Crippen LogP contribution in [0.4, 0.5) is 0 Å². The lowest BCUT2D eigenvalue weighted by Gasteiger charge is -2.43. The van der Waals surface area contributed by atoms with Gasteiger partial charge in [0, 0.05) is 38.3 Å². The average Bonchev–Trinajstić information content (AvgIpc) is 2.92. The van der Waals surface area contributed by atoms with Gasteiger partial charge in [0.1, 0.15) is 0 Å². The Morgan fingerprint density at radius 2 is 1.17 bits per heavy atom. The number of rotatable bonds is 10. The SMILES string of the molecule is CC(=NCCCC1OCC2(CO1)COC(CCCN=C(C)c1ccccn1)OC2)c1ccccn1. The van der Waals surface area contributed by atoms with Gasteiger partial charge in [-0.25, -0.2) is 0 Å². The number of ether oxygens (including phenoxy) is 4. The zero-order valence-electron chi connectivity index (χ0n) is 20.8. The number of nitrogens with zero attached hydrogens (tertiary/aromatic N) is 4. The summed E-state index contributed by atoms with van der Waals surface area (Å²) in [5.74, 6) is 0. The molecule has 1 spiro atoms. The Balaban J connectivity index is 1.09. The zero-order chi connectivity index (χ0) is 24.3. The van der Waals surface area contributed by atoms with E-state index in [1.54, 1.807) is 12.4 Å². The van der Waals surface area contributed by atoms with Crippen LogP contribution in [0.1, 0.15) is 50.9 Å². The fourth-order valence-corrected chi connectivity index (χ4v) is 4.08. The maximum absolute atomic E-state index is 6.00. The average molecular weight is 481 g/mol. The summed E-state index contributed by atoms with van der Waals surface area (Å²) in [5, 5.41) is 0. The van der Waals surface area contributed by atoms with E-state index in [4.69, 9.17) is 18.9 Å². The predicted octanol–water partition coefficient (Wildman–Crippen LogP) is 4.09. The van der Waals surface area contributed by atoms with Gasteiger partial charge < -0.3 is 18.9 Å². The molecule has 4 heterocycles. The molecule has 0 aliphatic carbocycles. The van der Waals surface area contributed by atoms with Gasteiger partial charge >= 0.3 is 0 Å². The van der Waals surface area contributed by atoms with E-state index < -0.39 is 0 Å². The summed E-state index contributed by atoms with van der Waals surface area (Å²) in [5.41, 5.74) is 3.53. The fourth-order valence-electron chi connectivity index (χ4n) is 4.08. The van der Waals surface area contributed by atoms with Crippen LogP contribution in [0, 0.1) is 5.41 Å². The third-order valence-corrected chi connectivity index (χ3v) is 6.27. The molecule has 2 aromatic rings. The normalized spacial score (nSPS) is 25.7. The zero-order valence-corrected chi connectivity index (χ0v) is 20.8. The molecule has 188 valence electrons. The molecule has 0 radical (unpaired) electrons. The minimum Gasteiger partial charge on any atom is -0.352 e. The van der Waals surface area contributed by atoms with E-state index in [1.165, 1.54) is 0 Å². The van der Waals surface area contributed by atoms with Crippen LogP contribution < -0.4 is 0 Å². The highest BCUT2D eigenvalue weighted by Crippen LogP contribution is 2.32. The van der Waals surface area contributed by atoms with Gasteiger partial charge in [-0.3, -0.25) is 20.0 Å². The highest BCUT2D eigenvalue weighted by atomic mass is 16.7. The van der Waals surface area contributed by atoms with Crippen molar-refractivity contribution in [2.24, 2.45) is 15.4 Å². The van der Waals surface area contributed by atoms with Gasteiger partial charge in [0.2, 0.25) is 0 Å².